The maximum absolute atomic E-state index is 11.8. The summed E-state index contributed by atoms with van der Waals surface area (Å²) in [5.74, 6) is 0.668. The van der Waals surface area contributed by atoms with E-state index < -0.39 is 0 Å². The van der Waals surface area contributed by atoms with Gasteiger partial charge in [-0.05, 0) is 81.4 Å². The summed E-state index contributed by atoms with van der Waals surface area (Å²) < 4.78 is 5.68. The van der Waals surface area contributed by atoms with E-state index in [2.05, 4.69) is 22.2 Å². The normalized spacial score (nSPS) is 13.5. The molecule has 1 amide bonds. The van der Waals surface area contributed by atoms with Crippen LogP contribution in [0.2, 0.25) is 5.02 Å². The van der Waals surface area contributed by atoms with Crippen LogP contribution in [0, 0.1) is 6.92 Å². The Morgan fingerprint density at radius 1 is 1.30 bits per heavy atom. The van der Waals surface area contributed by atoms with Crippen molar-refractivity contribution in [2.75, 3.05) is 13.2 Å². The Bertz CT molecular complexity index is 679. The predicted octanol–water partition coefficient (Wildman–Crippen LogP) is 4.19. The number of carbonyl (C=O) groups excluding carboxylic acids is 1. The van der Waals surface area contributed by atoms with Crippen LogP contribution >= 0.6 is 23.8 Å². The van der Waals surface area contributed by atoms with Gasteiger partial charge in [-0.2, -0.15) is 0 Å². The Morgan fingerprint density at radius 3 is 2.89 bits per heavy atom. The van der Waals surface area contributed by atoms with Crippen molar-refractivity contribution in [3.05, 3.63) is 40.4 Å². The molecule has 148 valence electrons. The van der Waals surface area contributed by atoms with Gasteiger partial charge < -0.3 is 10.1 Å². The van der Waals surface area contributed by atoms with E-state index in [9.17, 15) is 4.79 Å². The van der Waals surface area contributed by atoms with Gasteiger partial charge in [0.25, 0.3) is 0 Å². The lowest BCUT2D eigenvalue weighted by atomic mass is 9.97. The van der Waals surface area contributed by atoms with Gasteiger partial charge in [-0.3, -0.25) is 15.6 Å². The lowest BCUT2D eigenvalue weighted by Gasteiger charge is -2.15. The van der Waals surface area contributed by atoms with Gasteiger partial charge >= 0.3 is 0 Å². The lowest BCUT2D eigenvalue weighted by Crippen LogP contribution is -2.47. The Hall–Kier alpha value is -1.79. The van der Waals surface area contributed by atoms with E-state index >= 15 is 0 Å². The number of halogens is 1. The minimum atomic E-state index is -0.120. The van der Waals surface area contributed by atoms with Gasteiger partial charge in [0.15, 0.2) is 5.11 Å². The van der Waals surface area contributed by atoms with Crippen LogP contribution in [0.15, 0.2) is 29.8 Å². The third-order valence-electron chi connectivity index (χ3n) is 4.37. The fourth-order valence-corrected chi connectivity index (χ4v) is 3.27. The van der Waals surface area contributed by atoms with Gasteiger partial charge in [0.1, 0.15) is 5.75 Å². The highest BCUT2D eigenvalue weighted by Crippen LogP contribution is 2.22. The number of hydrogen-bond acceptors (Lipinski definition) is 3. The predicted molar refractivity (Wildman–Crippen MR) is 114 cm³/mol. The minimum absolute atomic E-state index is 0.120. The summed E-state index contributed by atoms with van der Waals surface area (Å²) in [4.78, 5) is 11.8. The first-order valence-corrected chi connectivity index (χ1v) is 10.2. The van der Waals surface area contributed by atoms with E-state index in [4.69, 9.17) is 28.6 Å². The number of benzene rings is 1. The minimum Gasteiger partial charge on any atom is -0.493 e. The van der Waals surface area contributed by atoms with Crippen LogP contribution in [0.25, 0.3) is 0 Å². The lowest BCUT2D eigenvalue weighted by molar-refractivity contribution is -0.121. The van der Waals surface area contributed by atoms with E-state index in [1.165, 1.54) is 31.3 Å². The van der Waals surface area contributed by atoms with Crippen LogP contribution in [0.1, 0.15) is 50.5 Å². The zero-order valence-electron chi connectivity index (χ0n) is 15.8. The first-order chi connectivity index (χ1) is 13.0. The number of nitrogens with one attached hydrogen (secondary N) is 3. The monoisotopic (exact) mass is 409 g/mol. The fraction of sp³-hybridized carbons (Fsp3) is 0.500. The Morgan fingerprint density at radius 2 is 2.15 bits per heavy atom. The maximum Gasteiger partial charge on any atom is 0.238 e. The molecule has 0 saturated heterocycles. The smallest absolute Gasteiger partial charge is 0.238 e. The van der Waals surface area contributed by atoms with E-state index in [0.29, 0.717) is 29.6 Å². The summed E-state index contributed by atoms with van der Waals surface area (Å²) >= 11 is 11.1. The van der Waals surface area contributed by atoms with Gasteiger partial charge in [0.05, 0.1) is 6.61 Å². The Labute approximate surface area is 171 Å². The van der Waals surface area contributed by atoms with Crippen molar-refractivity contribution < 1.29 is 9.53 Å². The van der Waals surface area contributed by atoms with Crippen LogP contribution < -0.4 is 20.9 Å². The van der Waals surface area contributed by atoms with Crippen LogP contribution in [-0.4, -0.2) is 24.2 Å². The molecule has 1 aliphatic carbocycles. The molecule has 0 radical (unpaired) electrons. The molecule has 3 N–H and O–H groups in total. The molecule has 0 aromatic heterocycles. The van der Waals surface area contributed by atoms with Crippen molar-refractivity contribution in [3.8, 4) is 5.75 Å². The van der Waals surface area contributed by atoms with Crippen LogP contribution in [-0.2, 0) is 4.79 Å². The number of aryl methyl sites for hydroxylation is 1. The molecule has 0 unspecified atom stereocenters. The highest BCUT2D eigenvalue weighted by atomic mass is 35.5. The van der Waals surface area contributed by atoms with Crippen molar-refractivity contribution in [1.29, 1.82) is 0 Å². The maximum atomic E-state index is 11.8. The summed E-state index contributed by atoms with van der Waals surface area (Å²) in [6, 6.07) is 5.48. The van der Waals surface area contributed by atoms with Gasteiger partial charge in [-0.15, -0.1) is 0 Å². The van der Waals surface area contributed by atoms with Crippen molar-refractivity contribution in [2.45, 2.75) is 51.9 Å². The highest BCUT2D eigenvalue weighted by molar-refractivity contribution is 7.80. The molecule has 0 bridgehead atoms. The molecule has 1 aromatic carbocycles. The second-order valence-corrected chi connectivity index (χ2v) is 7.49. The molecule has 27 heavy (non-hydrogen) atoms. The molecule has 1 aliphatic rings. The summed E-state index contributed by atoms with van der Waals surface area (Å²) in [5.41, 5.74) is 7.83. The first-order valence-electron chi connectivity index (χ1n) is 9.44. The average molecular weight is 410 g/mol. The summed E-state index contributed by atoms with van der Waals surface area (Å²) in [7, 11) is 0. The van der Waals surface area contributed by atoms with Crippen molar-refractivity contribution in [3.63, 3.8) is 0 Å². The number of allylic oxidation sites excluding steroid dienone is 1. The second-order valence-electron chi connectivity index (χ2n) is 6.65. The molecule has 5 nitrogen and oxygen atoms in total. The molecule has 0 aliphatic heterocycles. The zero-order chi connectivity index (χ0) is 19.5. The quantitative estimate of drug-likeness (QED) is 0.260. The molecule has 0 atom stereocenters. The second kappa shape index (κ2) is 11.8. The number of rotatable bonds is 8. The average Bonchev–Trinajstić information content (AvgIpc) is 2.66. The van der Waals surface area contributed by atoms with E-state index in [1.54, 1.807) is 6.07 Å². The molecule has 0 saturated carbocycles. The van der Waals surface area contributed by atoms with Crippen LogP contribution in [0.5, 0.6) is 5.75 Å². The Balaban J connectivity index is 1.52. The molecule has 1 aromatic rings. The van der Waals surface area contributed by atoms with Crippen LogP contribution in [0.3, 0.4) is 0 Å². The SMILES string of the molecule is Cc1cc(Cl)ccc1OCCCC(=O)NNC(=S)NCCC1=CCCCC1. The van der Waals surface area contributed by atoms with Crippen molar-refractivity contribution >= 4 is 34.8 Å². The Kier molecular flexibility index (Phi) is 9.42. The third kappa shape index (κ3) is 8.63. The fourth-order valence-electron chi connectivity index (χ4n) is 2.89. The van der Waals surface area contributed by atoms with Gasteiger partial charge in [-0.1, -0.05) is 23.3 Å². The topological polar surface area (TPSA) is 62.4 Å². The molecule has 0 heterocycles. The summed E-state index contributed by atoms with van der Waals surface area (Å²) in [5, 5.41) is 4.24. The highest BCUT2D eigenvalue weighted by Gasteiger charge is 2.06. The number of carbonyl (C=O) groups is 1. The largest absolute Gasteiger partial charge is 0.493 e. The summed E-state index contributed by atoms with van der Waals surface area (Å²) in [6.45, 7) is 3.19. The van der Waals surface area contributed by atoms with Crippen molar-refractivity contribution in [1.82, 2.24) is 16.2 Å². The number of thiocarbonyl (C=S) groups is 1. The molecule has 0 fully saturated rings. The molecular weight excluding hydrogens is 382 g/mol. The van der Waals surface area contributed by atoms with Gasteiger partial charge in [0, 0.05) is 18.0 Å². The number of hydrazine groups is 1. The standard InChI is InChI=1S/C20H28ClN3O2S/c1-15-14-17(21)9-10-18(15)26-13-5-8-19(25)23-24-20(27)22-12-11-16-6-3-2-4-7-16/h6,9-10,14H,2-5,7-8,11-13H2,1H3,(H,23,25)(H2,22,24,27). The van der Waals surface area contributed by atoms with Gasteiger partial charge in [-0.25, -0.2) is 0 Å². The zero-order valence-corrected chi connectivity index (χ0v) is 17.3. The first kappa shape index (κ1) is 21.5. The summed E-state index contributed by atoms with van der Waals surface area (Å²) in [6.07, 6.45) is 9.26. The van der Waals surface area contributed by atoms with Crippen LogP contribution in [0.4, 0.5) is 0 Å². The van der Waals surface area contributed by atoms with Gasteiger partial charge in [0.2, 0.25) is 5.91 Å². The van der Waals surface area contributed by atoms with E-state index in [1.807, 2.05) is 19.1 Å². The van der Waals surface area contributed by atoms with E-state index in [0.717, 1.165) is 24.3 Å². The number of hydrogen-bond donors (Lipinski definition) is 3. The van der Waals surface area contributed by atoms with E-state index in [-0.39, 0.29) is 5.91 Å². The third-order valence-corrected chi connectivity index (χ3v) is 4.86. The number of amides is 1. The van der Waals surface area contributed by atoms with Crippen molar-refractivity contribution in [2.24, 2.45) is 0 Å². The molecule has 0 spiro atoms. The molecule has 7 heteroatoms. The number of ether oxygens (including phenoxy) is 1. The molecule has 2 rings (SSSR count). The molecular formula is C20H28ClN3O2S.